The van der Waals surface area contributed by atoms with Gasteiger partial charge in [0.15, 0.2) is 0 Å². The van der Waals surface area contributed by atoms with E-state index in [0.717, 1.165) is 11.1 Å². The smallest absolute Gasteiger partial charge is 0.121 e. The normalized spacial score (nSPS) is 11.7. The van der Waals surface area contributed by atoms with Crippen molar-refractivity contribution < 1.29 is 20.4 Å². The molecule has 4 aromatic carbocycles. The molecule has 10 heteroatoms. The van der Waals surface area contributed by atoms with Crippen molar-refractivity contribution in [3.8, 4) is 22.9 Å². The number of phenolic OH excluding ortho intramolecular Hbond substituents is 2. The van der Waals surface area contributed by atoms with Crippen LogP contribution < -0.4 is 0 Å². The van der Waals surface area contributed by atoms with Gasteiger partial charge in [-0.25, -0.2) is 0 Å². The lowest BCUT2D eigenvalue weighted by Gasteiger charge is -2.24. The van der Waals surface area contributed by atoms with E-state index in [1.807, 2.05) is 67.6 Å². The van der Waals surface area contributed by atoms with E-state index in [-0.39, 0.29) is 24.7 Å². The third-order valence-corrected chi connectivity index (χ3v) is 7.30. The van der Waals surface area contributed by atoms with Gasteiger partial charge in [-0.15, -0.1) is 30.0 Å². The van der Waals surface area contributed by atoms with Crippen LogP contribution in [0.5, 0.6) is 11.5 Å². The summed E-state index contributed by atoms with van der Waals surface area (Å²) in [6, 6.07) is 22.0. The van der Waals surface area contributed by atoms with E-state index in [4.69, 9.17) is 0 Å². The molecular formula is C31H30N6O4. The van der Waals surface area contributed by atoms with Crippen molar-refractivity contribution in [3.05, 3.63) is 95.1 Å². The highest BCUT2D eigenvalue weighted by atomic mass is 16.3. The summed E-state index contributed by atoms with van der Waals surface area (Å²) in [4.78, 5) is 3.00. The summed E-state index contributed by atoms with van der Waals surface area (Å²) in [6.07, 6.45) is 1.19. The molecule has 2 heterocycles. The van der Waals surface area contributed by atoms with Gasteiger partial charge in [0.2, 0.25) is 0 Å². The Hall–Kier alpha value is -4.80. The first-order valence-electron chi connectivity index (χ1n) is 13.6. The van der Waals surface area contributed by atoms with Crippen molar-refractivity contribution in [3.63, 3.8) is 0 Å². The molecule has 6 aromatic rings. The fraction of sp³-hybridized carbons (Fsp3) is 0.226. The molecule has 0 atom stereocenters. The van der Waals surface area contributed by atoms with E-state index >= 15 is 0 Å². The lowest BCUT2D eigenvalue weighted by molar-refractivity contribution is 0.299. The second kappa shape index (κ2) is 11.0. The first-order valence-corrected chi connectivity index (χ1v) is 13.6. The molecule has 0 saturated heterocycles. The summed E-state index contributed by atoms with van der Waals surface area (Å²) in [5.41, 5.74) is 6.37. The third kappa shape index (κ3) is 4.88. The molecule has 2 aromatic heterocycles. The predicted molar refractivity (Wildman–Crippen MR) is 155 cm³/mol. The molecule has 0 saturated carbocycles. The molecule has 0 spiro atoms. The number of rotatable bonds is 9. The van der Waals surface area contributed by atoms with E-state index < -0.39 is 5.92 Å². The average Bonchev–Trinajstić information content (AvgIpc) is 3.60. The Bertz CT molecular complexity index is 1660. The number of aromatic hydroxyl groups is 2. The first-order chi connectivity index (χ1) is 20.0. The molecule has 0 amide bonds. The van der Waals surface area contributed by atoms with Gasteiger partial charge in [0.25, 0.3) is 0 Å². The molecule has 0 radical (unpaired) electrons. The van der Waals surface area contributed by atoms with Crippen LogP contribution in [0.2, 0.25) is 0 Å². The van der Waals surface area contributed by atoms with E-state index in [2.05, 4.69) is 20.4 Å². The van der Waals surface area contributed by atoms with E-state index in [1.165, 1.54) is 9.59 Å². The van der Waals surface area contributed by atoms with Gasteiger partial charge >= 0.3 is 0 Å². The first kappa shape index (κ1) is 26.4. The maximum Gasteiger partial charge on any atom is 0.121 e. The zero-order valence-corrected chi connectivity index (χ0v) is 22.5. The predicted octanol–water partition coefficient (Wildman–Crippen LogP) is 4.18. The van der Waals surface area contributed by atoms with Gasteiger partial charge < -0.3 is 20.4 Å². The Morgan fingerprint density at radius 2 is 0.976 bits per heavy atom. The fourth-order valence-electron chi connectivity index (χ4n) is 5.44. The van der Waals surface area contributed by atoms with Crippen LogP contribution in [0, 0.1) is 0 Å². The number of nitrogens with zero attached hydrogens (tertiary/aromatic N) is 6. The minimum atomic E-state index is -0.519. The lowest BCUT2D eigenvalue weighted by Crippen LogP contribution is -2.14. The van der Waals surface area contributed by atoms with Crippen LogP contribution in [-0.2, 0) is 12.8 Å². The fourth-order valence-corrected chi connectivity index (χ4v) is 5.44. The van der Waals surface area contributed by atoms with Crippen molar-refractivity contribution in [1.82, 2.24) is 30.0 Å². The third-order valence-electron chi connectivity index (χ3n) is 7.30. The van der Waals surface area contributed by atoms with E-state index in [9.17, 15) is 20.4 Å². The number of phenols is 2. The molecule has 10 nitrogen and oxygen atoms in total. The maximum atomic E-state index is 11.5. The quantitative estimate of drug-likeness (QED) is 0.210. The van der Waals surface area contributed by atoms with Gasteiger partial charge in [0.05, 0.1) is 11.4 Å². The standard InChI is InChI=1S/C31H30N6O4/c1-2-21(30-26(15-19(11-13-38)17-28(30)40)36-32-22-7-3-4-8-23(22)33-36)31-27(16-20(12-14-39)18-29(31)41)37-34-24-9-5-6-10-25(24)35-37/h3-10,15-18,21,38-41H,2,11-14H2,1H3. The Kier molecular flexibility index (Phi) is 7.08. The molecule has 0 aliphatic heterocycles. The molecule has 0 fully saturated rings. The van der Waals surface area contributed by atoms with Gasteiger partial charge in [0.1, 0.15) is 33.6 Å². The molecular weight excluding hydrogens is 520 g/mol. The highest BCUT2D eigenvalue weighted by Gasteiger charge is 2.29. The minimum Gasteiger partial charge on any atom is -0.508 e. The molecule has 41 heavy (non-hydrogen) atoms. The molecule has 4 N–H and O–H groups in total. The number of aliphatic hydroxyl groups is 2. The Balaban J connectivity index is 1.61. The van der Waals surface area contributed by atoms with Crippen molar-refractivity contribution in [2.45, 2.75) is 32.1 Å². The van der Waals surface area contributed by atoms with Gasteiger partial charge in [-0.3, -0.25) is 0 Å². The maximum absolute atomic E-state index is 11.5. The summed E-state index contributed by atoms with van der Waals surface area (Å²) in [7, 11) is 0. The summed E-state index contributed by atoms with van der Waals surface area (Å²) >= 11 is 0. The Labute approximate surface area is 235 Å². The molecule has 0 aliphatic rings. The Morgan fingerprint density at radius 1 is 0.610 bits per heavy atom. The van der Waals surface area contributed by atoms with Crippen molar-refractivity contribution >= 4 is 22.1 Å². The van der Waals surface area contributed by atoms with E-state index in [1.54, 1.807) is 12.1 Å². The van der Waals surface area contributed by atoms with Crippen LogP contribution >= 0.6 is 0 Å². The average molecular weight is 551 g/mol. The molecule has 0 bridgehead atoms. The topological polar surface area (TPSA) is 142 Å². The van der Waals surface area contributed by atoms with Crippen LogP contribution in [0.25, 0.3) is 33.4 Å². The molecule has 208 valence electrons. The van der Waals surface area contributed by atoms with Crippen molar-refractivity contribution in [2.75, 3.05) is 13.2 Å². The van der Waals surface area contributed by atoms with Crippen LogP contribution in [0.4, 0.5) is 0 Å². The SMILES string of the molecule is CCC(c1c(O)cc(CCO)cc1-n1nc2ccccc2n1)c1c(O)cc(CCO)cc1-n1nc2ccccc2n1. The summed E-state index contributed by atoms with van der Waals surface area (Å²) < 4.78 is 0. The van der Waals surface area contributed by atoms with Gasteiger partial charge in [-0.2, -0.15) is 0 Å². The molecule has 0 aliphatic carbocycles. The van der Waals surface area contributed by atoms with Gasteiger partial charge in [0, 0.05) is 30.3 Å². The second-order valence-corrected chi connectivity index (χ2v) is 9.96. The zero-order chi connectivity index (χ0) is 28.5. The largest absolute Gasteiger partial charge is 0.508 e. The lowest BCUT2D eigenvalue weighted by atomic mass is 9.84. The van der Waals surface area contributed by atoms with Crippen LogP contribution in [0.15, 0.2) is 72.8 Å². The highest BCUT2D eigenvalue weighted by Crippen LogP contribution is 2.44. The number of benzene rings is 4. The van der Waals surface area contributed by atoms with Crippen LogP contribution in [0.1, 0.15) is 41.5 Å². The number of aromatic nitrogens is 6. The van der Waals surface area contributed by atoms with Gasteiger partial charge in [-0.1, -0.05) is 31.2 Å². The monoisotopic (exact) mass is 550 g/mol. The van der Waals surface area contributed by atoms with E-state index in [0.29, 0.717) is 63.8 Å². The van der Waals surface area contributed by atoms with Crippen molar-refractivity contribution in [1.29, 1.82) is 0 Å². The minimum absolute atomic E-state index is 0.00234. The molecule has 0 unspecified atom stereocenters. The van der Waals surface area contributed by atoms with Crippen LogP contribution in [0.3, 0.4) is 0 Å². The summed E-state index contributed by atoms with van der Waals surface area (Å²) in [5, 5.41) is 61.0. The molecule has 6 rings (SSSR count). The number of hydrogen-bond donors (Lipinski definition) is 4. The second-order valence-electron chi connectivity index (χ2n) is 9.96. The Morgan fingerprint density at radius 3 is 1.29 bits per heavy atom. The van der Waals surface area contributed by atoms with Gasteiger partial charge in [-0.05, 0) is 78.9 Å². The van der Waals surface area contributed by atoms with Crippen LogP contribution in [-0.4, -0.2) is 63.6 Å². The zero-order valence-electron chi connectivity index (χ0n) is 22.5. The number of aliphatic hydroxyl groups excluding tert-OH is 2. The number of hydrogen-bond acceptors (Lipinski definition) is 8. The highest BCUT2D eigenvalue weighted by molar-refractivity contribution is 5.75. The number of fused-ring (bicyclic) bond motifs is 2. The summed E-state index contributed by atoms with van der Waals surface area (Å²) in [5.74, 6) is -0.514. The summed E-state index contributed by atoms with van der Waals surface area (Å²) in [6.45, 7) is 1.81. The van der Waals surface area contributed by atoms with Crippen molar-refractivity contribution in [2.24, 2.45) is 0 Å².